The second-order valence-electron chi connectivity index (χ2n) is 5.18. The van der Waals surface area contributed by atoms with Crippen LogP contribution >= 0.6 is 11.3 Å². The normalized spacial score (nSPS) is 11.4. The zero-order valence-corrected chi connectivity index (χ0v) is 14.7. The molecule has 0 fully saturated rings. The van der Waals surface area contributed by atoms with Crippen LogP contribution in [-0.4, -0.2) is 30.3 Å². The van der Waals surface area contributed by atoms with Crippen molar-refractivity contribution in [2.75, 3.05) is 11.1 Å². The van der Waals surface area contributed by atoms with Crippen molar-refractivity contribution in [3.05, 3.63) is 34.8 Å². The Morgan fingerprint density at radius 1 is 1.22 bits per heavy atom. The van der Waals surface area contributed by atoms with E-state index >= 15 is 0 Å². The molecule has 8 heteroatoms. The van der Waals surface area contributed by atoms with E-state index < -0.39 is 9.84 Å². The standard InChI is InChI=1S/C15H19N3O3S2/c1-3-4-13(19)16-15-18-17-14(22-15)9-10-23(20,21)12-7-5-11(2)6-8-12/h5-8H,3-4,9-10H2,1-2H3,(H,16,18,19). The number of anilines is 1. The molecule has 1 amide bonds. The van der Waals surface area contributed by atoms with Crippen molar-refractivity contribution in [3.8, 4) is 0 Å². The maximum atomic E-state index is 12.3. The topological polar surface area (TPSA) is 89.0 Å². The molecule has 0 aliphatic carbocycles. The van der Waals surface area contributed by atoms with Gasteiger partial charge in [-0.05, 0) is 25.5 Å². The molecule has 0 atom stereocenters. The summed E-state index contributed by atoms with van der Waals surface area (Å²) in [6, 6.07) is 6.78. The van der Waals surface area contributed by atoms with E-state index in [1.807, 2.05) is 13.8 Å². The number of hydrogen-bond donors (Lipinski definition) is 1. The van der Waals surface area contributed by atoms with E-state index in [-0.39, 0.29) is 18.1 Å². The predicted molar refractivity (Wildman–Crippen MR) is 90.4 cm³/mol. The van der Waals surface area contributed by atoms with Gasteiger partial charge < -0.3 is 5.32 Å². The average Bonchev–Trinajstić information content (AvgIpc) is 2.93. The molecule has 0 unspecified atom stereocenters. The maximum absolute atomic E-state index is 12.3. The molecule has 2 aromatic rings. The third-order valence-electron chi connectivity index (χ3n) is 3.16. The molecule has 6 nitrogen and oxygen atoms in total. The van der Waals surface area contributed by atoms with Gasteiger partial charge in [0.25, 0.3) is 0 Å². The summed E-state index contributed by atoms with van der Waals surface area (Å²) in [7, 11) is -3.35. The van der Waals surface area contributed by atoms with Crippen LogP contribution in [0.25, 0.3) is 0 Å². The van der Waals surface area contributed by atoms with Crippen LogP contribution in [0.15, 0.2) is 29.2 Å². The smallest absolute Gasteiger partial charge is 0.226 e. The van der Waals surface area contributed by atoms with Crippen LogP contribution < -0.4 is 5.32 Å². The van der Waals surface area contributed by atoms with Gasteiger partial charge in [-0.3, -0.25) is 4.79 Å². The predicted octanol–water partition coefficient (Wildman–Crippen LogP) is 2.60. The second-order valence-corrected chi connectivity index (χ2v) is 8.35. The highest BCUT2D eigenvalue weighted by Gasteiger charge is 2.16. The van der Waals surface area contributed by atoms with Gasteiger partial charge in [0, 0.05) is 12.8 Å². The Morgan fingerprint density at radius 2 is 1.91 bits per heavy atom. The Labute approximate surface area is 139 Å². The van der Waals surface area contributed by atoms with Gasteiger partial charge in [-0.15, -0.1) is 10.2 Å². The SMILES string of the molecule is CCCC(=O)Nc1nnc(CCS(=O)(=O)c2ccc(C)cc2)s1. The minimum absolute atomic E-state index is 0.0341. The Kier molecular flexibility index (Phi) is 5.84. The van der Waals surface area contributed by atoms with Gasteiger partial charge in [0.15, 0.2) is 9.84 Å². The van der Waals surface area contributed by atoms with Gasteiger partial charge >= 0.3 is 0 Å². The van der Waals surface area contributed by atoms with E-state index in [1.165, 1.54) is 11.3 Å². The van der Waals surface area contributed by atoms with Crippen molar-refractivity contribution >= 4 is 32.2 Å². The number of carbonyl (C=O) groups excluding carboxylic acids is 1. The molecule has 1 N–H and O–H groups in total. The largest absolute Gasteiger partial charge is 0.301 e. The molecule has 1 aromatic heterocycles. The number of aromatic nitrogens is 2. The highest BCUT2D eigenvalue weighted by molar-refractivity contribution is 7.91. The van der Waals surface area contributed by atoms with Crippen molar-refractivity contribution in [1.82, 2.24) is 10.2 Å². The first kappa shape index (κ1) is 17.6. The fourth-order valence-corrected chi connectivity index (χ4v) is 4.03. The molecular weight excluding hydrogens is 334 g/mol. The van der Waals surface area contributed by atoms with Gasteiger partial charge in [-0.1, -0.05) is 36.0 Å². The zero-order valence-electron chi connectivity index (χ0n) is 13.1. The van der Waals surface area contributed by atoms with Crippen molar-refractivity contribution in [2.45, 2.75) is 38.0 Å². The minimum atomic E-state index is -3.35. The number of sulfone groups is 1. The zero-order chi connectivity index (χ0) is 16.9. The van der Waals surface area contributed by atoms with Crippen molar-refractivity contribution in [2.24, 2.45) is 0 Å². The first-order valence-corrected chi connectivity index (χ1v) is 9.79. The Balaban J connectivity index is 1.96. The molecule has 0 radical (unpaired) electrons. The van der Waals surface area contributed by atoms with Crippen molar-refractivity contribution < 1.29 is 13.2 Å². The third-order valence-corrected chi connectivity index (χ3v) is 5.79. The summed E-state index contributed by atoms with van der Waals surface area (Å²) < 4.78 is 24.5. The van der Waals surface area contributed by atoms with Gasteiger partial charge in [0.1, 0.15) is 5.01 Å². The molecule has 0 saturated carbocycles. The van der Waals surface area contributed by atoms with Crippen molar-refractivity contribution in [3.63, 3.8) is 0 Å². The summed E-state index contributed by atoms with van der Waals surface area (Å²) in [5.41, 5.74) is 1.01. The van der Waals surface area contributed by atoms with Crippen LogP contribution in [-0.2, 0) is 21.1 Å². The molecule has 0 aliphatic heterocycles. The number of nitrogens with zero attached hydrogens (tertiary/aromatic N) is 2. The maximum Gasteiger partial charge on any atom is 0.226 e. The summed E-state index contributed by atoms with van der Waals surface area (Å²) in [6.07, 6.45) is 1.46. The van der Waals surface area contributed by atoms with E-state index in [0.717, 1.165) is 12.0 Å². The summed E-state index contributed by atoms with van der Waals surface area (Å²) in [6.45, 7) is 3.83. The van der Waals surface area contributed by atoms with Gasteiger partial charge in [-0.2, -0.15) is 0 Å². The van der Waals surface area contributed by atoms with Crippen LogP contribution in [0, 0.1) is 6.92 Å². The van der Waals surface area contributed by atoms with E-state index in [9.17, 15) is 13.2 Å². The summed E-state index contributed by atoms with van der Waals surface area (Å²) in [5, 5.41) is 11.4. The van der Waals surface area contributed by atoms with E-state index in [4.69, 9.17) is 0 Å². The number of benzene rings is 1. The Hall–Kier alpha value is -1.80. The van der Waals surface area contributed by atoms with Gasteiger partial charge in [0.2, 0.25) is 11.0 Å². The minimum Gasteiger partial charge on any atom is -0.301 e. The average molecular weight is 353 g/mol. The second kappa shape index (κ2) is 7.65. The number of hydrogen-bond acceptors (Lipinski definition) is 6. The van der Waals surface area contributed by atoms with Crippen LogP contribution in [0.4, 0.5) is 5.13 Å². The number of amides is 1. The fraction of sp³-hybridized carbons (Fsp3) is 0.400. The number of rotatable bonds is 7. The molecule has 0 spiro atoms. The lowest BCUT2D eigenvalue weighted by Crippen LogP contribution is -2.10. The fourth-order valence-electron chi connectivity index (χ4n) is 1.90. The molecular formula is C15H19N3O3S2. The van der Waals surface area contributed by atoms with E-state index in [2.05, 4.69) is 15.5 Å². The molecule has 0 saturated heterocycles. The Bertz CT molecular complexity index is 768. The monoisotopic (exact) mass is 353 g/mol. The summed E-state index contributed by atoms with van der Waals surface area (Å²) in [5.74, 6) is -0.143. The van der Waals surface area contributed by atoms with E-state index in [0.29, 0.717) is 21.5 Å². The summed E-state index contributed by atoms with van der Waals surface area (Å²) >= 11 is 1.21. The van der Waals surface area contributed by atoms with Gasteiger partial charge in [0.05, 0.1) is 10.6 Å². The van der Waals surface area contributed by atoms with Crippen LogP contribution in [0.1, 0.15) is 30.3 Å². The molecule has 124 valence electrons. The number of aryl methyl sites for hydroxylation is 2. The van der Waals surface area contributed by atoms with Crippen molar-refractivity contribution in [1.29, 1.82) is 0 Å². The molecule has 23 heavy (non-hydrogen) atoms. The molecule has 1 heterocycles. The molecule has 0 bridgehead atoms. The first-order valence-electron chi connectivity index (χ1n) is 7.32. The number of carbonyl (C=O) groups is 1. The first-order chi connectivity index (χ1) is 10.9. The van der Waals surface area contributed by atoms with Crippen LogP contribution in [0.5, 0.6) is 0 Å². The lowest BCUT2D eigenvalue weighted by Gasteiger charge is -2.03. The quantitative estimate of drug-likeness (QED) is 0.826. The van der Waals surface area contributed by atoms with Gasteiger partial charge in [-0.25, -0.2) is 8.42 Å². The lowest BCUT2D eigenvalue weighted by molar-refractivity contribution is -0.116. The number of nitrogens with one attached hydrogen (secondary N) is 1. The molecule has 0 aliphatic rings. The lowest BCUT2D eigenvalue weighted by atomic mass is 10.2. The highest BCUT2D eigenvalue weighted by Crippen LogP contribution is 2.19. The van der Waals surface area contributed by atoms with E-state index in [1.54, 1.807) is 24.3 Å². The van der Waals surface area contributed by atoms with Crippen LogP contribution in [0.3, 0.4) is 0 Å². The highest BCUT2D eigenvalue weighted by atomic mass is 32.2. The third kappa shape index (κ3) is 5.11. The summed E-state index contributed by atoms with van der Waals surface area (Å²) in [4.78, 5) is 11.8. The van der Waals surface area contributed by atoms with Crippen LogP contribution in [0.2, 0.25) is 0 Å². The Morgan fingerprint density at radius 3 is 2.57 bits per heavy atom. The molecule has 1 aromatic carbocycles. The molecule has 2 rings (SSSR count).